The summed E-state index contributed by atoms with van der Waals surface area (Å²) in [6.45, 7) is -0.718. The molecule has 2 nitrogen and oxygen atoms in total. The number of halogens is 5. The van der Waals surface area contributed by atoms with Crippen LogP contribution in [0, 0.1) is 5.82 Å². The molecule has 0 heterocycles. The molecule has 0 amide bonds. The maximum absolute atomic E-state index is 13.0. The Morgan fingerprint density at radius 2 is 2.00 bits per heavy atom. The number of nitrogens with one attached hydrogen (secondary N) is 1. The minimum atomic E-state index is -4.68. The van der Waals surface area contributed by atoms with Crippen molar-refractivity contribution in [3.63, 3.8) is 0 Å². The first-order valence-corrected chi connectivity index (χ1v) is 5.03. The number of hydrogen-bond donors (Lipinski definition) is 2. The Labute approximate surface area is 97.4 Å². The standard InChI is InChI=1S/C9H8BrF4NO/c10-6-2-1-5(3-7(6)11)15-4-8(16)9(12,13)14/h1-3,8,15-16H,4H2. The van der Waals surface area contributed by atoms with E-state index in [9.17, 15) is 17.6 Å². The quantitative estimate of drug-likeness (QED) is 0.842. The van der Waals surface area contributed by atoms with Gasteiger partial charge in [-0.1, -0.05) is 0 Å². The maximum Gasteiger partial charge on any atom is 0.416 e. The zero-order valence-electron chi connectivity index (χ0n) is 7.85. The van der Waals surface area contributed by atoms with Gasteiger partial charge in [-0.2, -0.15) is 13.2 Å². The van der Waals surface area contributed by atoms with E-state index in [4.69, 9.17) is 5.11 Å². The van der Waals surface area contributed by atoms with E-state index in [1.165, 1.54) is 12.1 Å². The fourth-order valence-corrected chi connectivity index (χ4v) is 1.18. The number of benzene rings is 1. The molecule has 1 unspecified atom stereocenters. The predicted molar refractivity (Wildman–Crippen MR) is 54.7 cm³/mol. The first-order valence-electron chi connectivity index (χ1n) is 4.24. The van der Waals surface area contributed by atoms with Crippen molar-refractivity contribution < 1.29 is 22.7 Å². The van der Waals surface area contributed by atoms with Crippen molar-refractivity contribution in [3.8, 4) is 0 Å². The SMILES string of the molecule is OC(CNc1ccc(Br)c(F)c1)C(F)(F)F. The summed E-state index contributed by atoms with van der Waals surface area (Å²) in [5.74, 6) is -0.591. The Morgan fingerprint density at radius 1 is 1.38 bits per heavy atom. The van der Waals surface area contributed by atoms with Crippen molar-refractivity contribution in [2.75, 3.05) is 11.9 Å². The molecule has 0 saturated carbocycles. The van der Waals surface area contributed by atoms with Gasteiger partial charge in [-0.3, -0.25) is 0 Å². The Hall–Kier alpha value is -0.820. The molecule has 90 valence electrons. The Balaban J connectivity index is 2.58. The first-order chi connectivity index (χ1) is 7.30. The molecule has 0 spiro atoms. The van der Waals surface area contributed by atoms with Crippen molar-refractivity contribution in [1.29, 1.82) is 0 Å². The minimum absolute atomic E-state index is 0.170. The van der Waals surface area contributed by atoms with Crippen molar-refractivity contribution >= 4 is 21.6 Å². The lowest BCUT2D eigenvalue weighted by Gasteiger charge is -2.15. The van der Waals surface area contributed by atoms with Gasteiger partial charge in [0, 0.05) is 12.2 Å². The van der Waals surface area contributed by atoms with E-state index in [-0.39, 0.29) is 10.2 Å². The summed E-state index contributed by atoms with van der Waals surface area (Å²) < 4.78 is 49.0. The summed E-state index contributed by atoms with van der Waals surface area (Å²) in [4.78, 5) is 0. The van der Waals surface area contributed by atoms with Crippen LogP contribution in [0.2, 0.25) is 0 Å². The molecule has 2 N–H and O–H groups in total. The number of alkyl halides is 3. The van der Waals surface area contributed by atoms with Crippen LogP contribution in [0.3, 0.4) is 0 Å². The molecule has 7 heteroatoms. The molecule has 0 aliphatic heterocycles. The highest BCUT2D eigenvalue weighted by Crippen LogP contribution is 2.22. The van der Waals surface area contributed by atoms with E-state index in [0.717, 1.165) is 6.07 Å². The Kier molecular flexibility index (Phi) is 4.15. The Bertz CT molecular complexity index is 369. The summed E-state index contributed by atoms with van der Waals surface area (Å²) in [6, 6.07) is 3.79. The maximum atomic E-state index is 13.0. The van der Waals surface area contributed by atoms with Crippen molar-refractivity contribution in [1.82, 2.24) is 0 Å². The molecule has 0 aliphatic rings. The zero-order chi connectivity index (χ0) is 12.3. The average molecular weight is 302 g/mol. The second kappa shape index (κ2) is 5.01. The highest BCUT2D eigenvalue weighted by atomic mass is 79.9. The average Bonchev–Trinajstić information content (AvgIpc) is 2.18. The van der Waals surface area contributed by atoms with Gasteiger partial charge < -0.3 is 10.4 Å². The second-order valence-electron chi connectivity index (χ2n) is 3.07. The van der Waals surface area contributed by atoms with Crippen LogP contribution in [0.25, 0.3) is 0 Å². The van der Waals surface area contributed by atoms with Crippen molar-refractivity contribution in [2.24, 2.45) is 0 Å². The molecule has 0 fully saturated rings. The minimum Gasteiger partial charge on any atom is -0.382 e. The third-order valence-corrected chi connectivity index (χ3v) is 2.44. The van der Waals surface area contributed by atoms with Gasteiger partial charge in [-0.25, -0.2) is 4.39 Å². The lowest BCUT2D eigenvalue weighted by atomic mass is 10.3. The predicted octanol–water partition coefficient (Wildman–Crippen LogP) is 2.92. The van der Waals surface area contributed by atoms with Gasteiger partial charge in [0.25, 0.3) is 0 Å². The second-order valence-corrected chi connectivity index (χ2v) is 3.92. The van der Waals surface area contributed by atoms with E-state index in [1.807, 2.05) is 0 Å². The molecule has 0 aliphatic carbocycles. The van der Waals surface area contributed by atoms with Crippen LogP contribution < -0.4 is 5.32 Å². The first kappa shape index (κ1) is 13.2. The molecule has 1 aromatic rings. The van der Waals surface area contributed by atoms with Gasteiger partial charge in [-0.15, -0.1) is 0 Å². The van der Waals surface area contributed by atoms with Gasteiger partial charge in [-0.05, 0) is 34.1 Å². The molecular formula is C9H8BrF4NO. The number of anilines is 1. The summed E-state index contributed by atoms with van der Waals surface area (Å²) in [5.41, 5.74) is 0.170. The fraction of sp³-hybridized carbons (Fsp3) is 0.333. The van der Waals surface area contributed by atoms with Crippen molar-refractivity contribution in [2.45, 2.75) is 12.3 Å². The zero-order valence-corrected chi connectivity index (χ0v) is 9.44. The van der Waals surface area contributed by atoms with E-state index in [1.54, 1.807) is 0 Å². The van der Waals surface area contributed by atoms with Crippen LogP contribution in [0.5, 0.6) is 0 Å². The lowest BCUT2D eigenvalue weighted by Crippen LogP contribution is -2.35. The van der Waals surface area contributed by atoms with Crippen LogP contribution >= 0.6 is 15.9 Å². The molecule has 0 aromatic heterocycles. The molecule has 1 atom stereocenters. The topological polar surface area (TPSA) is 32.3 Å². The highest BCUT2D eigenvalue weighted by Gasteiger charge is 2.37. The number of hydrogen-bond acceptors (Lipinski definition) is 2. The normalized spacial score (nSPS) is 13.6. The van der Waals surface area contributed by atoms with Gasteiger partial charge in [0.2, 0.25) is 0 Å². The van der Waals surface area contributed by atoms with E-state index < -0.39 is 24.6 Å². The van der Waals surface area contributed by atoms with Gasteiger partial charge in [0.05, 0.1) is 4.47 Å². The van der Waals surface area contributed by atoms with Crippen LogP contribution in [0.4, 0.5) is 23.2 Å². The molecule has 0 saturated heterocycles. The fourth-order valence-electron chi connectivity index (χ4n) is 0.936. The van der Waals surface area contributed by atoms with Crippen LogP contribution in [0.15, 0.2) is 22.7 Å². The smallest absolute Gasteiger partial charge is 0.382 e. The molecular weight excluding hydrogens is 294 g/mol. The third kappa shape index (κ3) is 3.64. The number of aliphatic hydroxyl groups excluding tert-OH is 1. The molecule has 1 aromatic carbocycles. The third-order valence-electron chi connectivity index (χ3n) is 1.80. The van der Waals surface area contributed by atoms with E-state index in [0.29, 0.717) is 0 Å². The largest absolute Gasteiger partial charge is 0.416 e. The summed E-state index contributed by atoms with van der Waals surface area (Å²) in [6.07, 6.45) is -7.15. The number of rotatable bonds is 3. The molecule has 16 heavy (non-hydrogen) atoms. The van der Waals surface area contributed by atoms with E-state index >= 15 is 0 Å². The monoisotopic (exact) mass is 301 g/mol. The number of aliphatic hydroxyl groups is 1. The summed E-state index contributed by atoms with van der Waals surface area (Å²) in [5, 5.41) is 11.0. The lowest BCUT2D eigenvalue weighted by molar-refractivity contribution is -0.198. The van der Waals surface area contributed by atoms with Crippen LogP contribution in [-0.2, 0) is 0 Å². The van der Waals surface area contributed by atoms with Gasteiger partial charge in [0.15, 0.2) is 6.10 Å². The summed E-state index contributed by atoms with van der Waals surface area (Å²) in [7, 11) is 0. The van der Waals surface area contributed by atoms with Gasteiger partial charge in [0.1, 0.15) is 5.82 Å². The van der Waals surface area contributed by atoms with Gasteiger partial charge >= 0.3 is 6.18 Å². The van der Waals surface area contributed by atoms with Crippen molar-refractivity contribution in [3.05, 3.63) is 28.5 Å². The molecule has 0 bridgehead atoms. The van der Waals surface area contributed by atoms with E-state index in [2.05, 4.69) is 21.2 Å². The molecule has 1 rings (SSSR count). The highest BCUT2D eigenvalue weighted by molar-refractivity contribution is 9.10. The van der Waals surface area contributed by atoms with Crippen LogP contribution in [-0.4, -0.2) is 23.9 Å². The Morgan fingerprint density at radius 3 is 2.50 bits per heavy atom. The molecule has 0 radical (unpaired) electrons. The van der Waals surface area contributed by atoms with Crippen LogP contribution in [0.1, 0.15) is 0 Å². The summed E-state index contributed by atoms with van der Waals surface area (Å²) >= 11 is 2.91.